The summed E-state index contributed by atoms with van der Waals surface area (Å²) in [6, 6.07) is 7.05. The zero-order valence-electron chi connectivity index (χ0n) is 13.6. The van der Waals surface area contributed by atoms with Crippen molar-refractivity contribution < 1.29 is 19.1 Å². The van der Waals surface area contributed by atoms with Gasteiger partial charge >= 0.3 is 11.6 Å². The smallest absolute Gasteiger partial charge is 0.349 e. The highest BCUT2D eigenvalue weighted by Crippen LogP contribution is 2.25. The van der Waals surface area contributed by atoms with Crippen LogP contribution in [0.2, 0.25) is 0 Å². The van der Waals surface area contributed by atoms with Crippen LogP contribution >= 0.6 is 0 Å². The number of carbonyl (C=O) groups is 2. The third-order valence-electron chi connectivity index (χ3n) is 4.58. The molecule has 1 amide bonds. The number of carboxylic acids is 1. The predicted octanol–water partition coefficient (Wildman–Crippen LogP) is 2.28. The van der Waals surface area contributed by atoms with Gasteiger partial charge in [0.2, 0.25) is 0 Å². The number of fused-ring (bicyclic) bond motifs is 1. The predicted molar refractivity (Wildman–Crippen MR) is 88.0 cm³/mol. The van der Waals surface area contributed by atoms with E-state index in [1.165, 1.54) is 4.90 Å². The van der Waals surface area contributed by atoms with E-state index in [1.807, 2.05) is 13.0 Å². The summed E-state index contributed by atoms with van der Waals surface area (Å²) < 4.78 is 5.27. The van der Waals surface area contributed by atoms with Crippen molar-refractivity contribution in [3.05, 3.63) is 45.8 Å². The number of hydrogen-bond donors (Lipinski definition) is 1. The number of hydrogen-bond acceptors (Lipinski definition) is 4. The van der Waals surface area contributed by atoms with E-state index in [0.29, 0.717) is 29.5 Å². The molecule has 0 aliphatic carbocycles. The van der Waals surface area contributed by atoms with Crippen LogP contribution < -0.4 is 5.63 Å². The first-order valence-electron chi connectivity index (χ1n) is 7.93. The molecule has 1 fully saturated rings. The number of nitrogens with zero attached hydrogens (tertiary/aromatic N) is 1. The van der Waals surface area contributed by atoms with Crippen LogP contribution in [0.25, 0.3) is 11.0 Å². The van der Waals surface area contributed by atoms with Crippen molar-refractivity contribution in [1.29, 1.82) is 0 Å². The van der Waals surface area contributed by atoms with E-state index in [1.54, 1.807) is 25.1 Å². The van der Waals surface area contributed by atoms with E-state index in [0.717, 1.165) is 0 Å². The largest absolute Gasteiger partial charge is 0.481 e. The van der Waals surface area contributed by atoms with Gasteiger partial charge in [-0.25, -0.2) is 4.79 Å². The third-order valence-corrected chi connectivity index (χ3v) is 4.58. The number of benzene rings is 1. The highest BCUT2D eigenvalue weighted by atomic mass is 16.4. The minimum Gasteiger partial charge on any atom is -0.481 e. The van der Waals surface area contributed by atoms with Crippen LogP contribution in [-0.4, -0.2) is 35.0 Å². The molecule has 2 aromatic rings. The Bertz CT molecular complexity index is 869. The fourth-order valence-electron chi connectivity index (χ4n) is 3.41. The molecule has 2 heterocycles. The Balaban J connectivity index is 2.02. The molecule has 0 bridgehead atoms. The third kappa shape index (κ3) is 2.79. The number of rotatable bonds is 2. The fraction of sp³-hybridized carbons (Fsp3) is 0.389. The normalized spacial score (nSPS) is 21.0. The van der Waals surface area contributed by atoms with E-state index in [-0.39, 0.29) is 18.0 Å². The number of piperidine rings is 1. The summed E-state index contributed by atoms with van der Waals surface area (Å²) in [4.78, 5) is 37.9. The zero-order valence-corrected chi connectivity index (χ0v) is 13.6. The van der Waals surface area contributed by atoms with Gasteiger partial charge in [0.05, 0.1) is 5.92 Å². The number of carbonyl (C=O) groups excluding carboxylic acids is 1. The van der Waals surface area contributed by atoms with E-state index in [4.69, 9.17) is 4.42 Å². The second kappa shape index (κ2) is 6.11. The number of likely N-dealkylation sites (tertiary alicyclic amines) is 1. The van der Waals surface area contributed by atoms with Gasteiger partial charge in [0.25, 0.3) is 5.91 Å². The standard InChI is InChI=1S/C18H19NO5/c1-10-7-12(17(21)22)9-19(8-10)16(20)15-11(2)13-5-3-4-6-14(13)24-18(15)23/h3-6,10,12H,7-9H2,1-2H3,(H,21,22). The molecule has 1 aliphatic heterocycles. The van der Waals surface area contributed by atoms with Crippen LogP contribution in [0.4, 0.5) is 0 Å². The Labute approximate surface area is 138 Å². The van der Waals surface area contributed by atoms with Crippen LogP contribution in [-0.2, 0) is 4.79 Å². The van der Waals surface area contributed by atoms with Gasteiger partial charge in [-0.2, -0.15) is 0 Å². The molecule has 0 spiro atoms. The highest BCUT2D eigenvalue weighted by molar-refractivity contribution is 5.99. The van der Waals surface area contributed by atoms with Gasteiger partial charge in [-0.15, -0.1) is 0 Å². The van der Waals surface area contributed by atoms with Crippen molar-refractivity contribution in [3.8, 4) is 0 Å². The molecule has 24 heavy (non-hydrogen) atoms. The van der Waals surface area contributed by atoms with E-state index >= 15 is 0 Å². The van der Waals surface area contributed by atoms with Crippen LogP contribution in [0.1, 0.15) is 29.3 Å². The summed E-state index contributed by atoms with van der Waals surface area (Å²) in [6.45, 7) is 4.18. The Morgan fingerprint density at radius 3 is 2.67 bits per heavy atom. The second-order valence-corrected chi connectivity index (χ2v) is 6.47. The lowest BCUT2D eigenvalue weighted by Crippen LogP contribution is -2.46. The van der Waals surface area contributed by atoms with Crippen molar-refractivity contribution in [3.63, 3.8) is 0 Å². The van der Waals surface area contributed by atoms with Crippen molar-refractivity contribution in [2.45, 2.75) is 20.3 Å². The molecule has 1 aromatic heterocycles. The molecule has 1 N–H and O–H groups in total. The average molecular weight is 329 g/mol. The maximum atomic E-state index is 12.9. The maximum absolute atomic E-state index is 12.9. The summed E-state index contributed by atoms with van der Waals surface area (Å²) in [6.07, 6.45) is 0.532. The monoisotopic (exact) mass is 329 g/mol. The van der Waals surface area contributed by atoms with E-state index < -0.39 is 23.4 Å². The number of carboxylic acid groups (broad SMARTS) is 1. The molecule has 126 valence electrons. The van der Waals surface area contributed by atoms with Crippen molar-refractivity contribution in [2.24, 2.45) is 11.8 Å². The zero-order chi connectivity index (χ0) is 17.4. The first-order valence-corrected chi connectivity index (χ1v) is 7.93. The molecule has 2 atom stereocenters. The minimum absolute atomic E-state index is 0.00746. The van der Waals surface area contributed by atoms with Gasteiger partial charge in [-0.3, -0.25) is 9.59 Å². The van der Waals surface area contributed by atoms with Crippen molar-refractivity contribution in [2.75, 3.05) is 13.1 Å². The Morgan fingerprint density at radius 1 is 1.25 bits per heavy atom. The summed E-state index contributed by atoms with van der Waals surface area (Å²) >= 11 is 0. The molecular weight excluding hydrogens is 310 g/mol. The van der Waals surface area contributed by atoms with Crippen molar-refractivity contribution in [1.82, 2.24) is 4.90 Å². The topological polar surface area (TPSA) is 87.8 Å². The van der Waals surface area contributed by atoms with E-state index in [9.17, 15) is 19.5 Å². The lowest BCUT2D eigenvalue weighted by molar-refractivity contribution is -0.143. The summed E-state index contributed by atoms with van der Waals surface area (Å²) in [5, 5.41) is 9.97. The molecule has 3 rings (SSSR count). The van der Waals surface area contributed by atoms with Gasteiger partial charge in [-0.05, 0) is 30.9 Å². The molecule has 1 aliphatic rings. The van der Waals surface area contributed by atoms with Gasteiger partial charge in [0, 0.05) is 18.5 Å². The fourth-order valence-corrected chi connectivity index (χ4v) is 3.41. The lowest BCUT2D eigenvalue weighted by Gasteiger charge is -2.34. The van der Waals surface area contributed by atoms with Crippen LogP contribution in [0.5, 0.6) is 0 Å². The summed E-state index contributed by atoms with van der Waals surface area (Å²) in [7, 11) is 0. The van der Waals surface area contributed by atoms with Gasteiger partial charge in [0.1, 0.15) is 11.1 Å². The van der Waals surface area contributed by atoms with Gasteiger partial charge in [0.15, 0.2) is 0 Å². The molecule has 0 radical (unpaired) electrons. The summed E-state index contributed by atoms with van der Waals surface area (Å²) in [5.74, 6) is -1.91. The number of aliphatic carboxylic acids is 1. The number of amides is 1. The quantitative estimate of drug-likeness (QED) is 0.854. The van der Waals surface area contributed by atoms with Gasteiger partial charge < -0.3 is 14.4 Å². The van der Waals surface area contributed by atoms with E-state index in [2.05, 4.69) is 0 Å². The van der Waals surface area contributed by atoms with Crippen LogP contribution in [0.15, 0.2) is 33.5 Å². The molecule has 6 heteroatoms. The average Bonchev–Trinajstić information content (AvgIpc) is 2.54. The number of para-hydroxylation sites is 1. The minimum atomic E-state index is -0.915. The van der Waals surface area contributed by atoms with Crippen LogP contribution in [0, 0.1) is 18.8 Å². The number of aryl methyl sites for hydroxylation is 1. The van der Waals surface area contributed by atoms with Gasteiger partial charge in [-0.1, -0.05) is 25.1 Å². The molecule has 1 saturated heterocycles. The first-order chi connectivity index (χ1) is 11.4. The molecule has 2 unspecified atom stereocenters. The Morgan fingerprint density at radius 2 is 1.96 bits per heavy atom. The molecular formula is C18H19NO5. The van der Waals surface area contributed by atoms with Crippen LogP contribution in [0.3, 0.4) is 0 Å². The lowest BCUT2D eigenvalue weighted by atomic mass is 9.90. The molecule has 0 saturated carbocycles. The SMILES string of the molecule is Cc1c(C(=O)N2CC(C)CC(C(=O)O)C2)c(=O)oc2ccccc12. The van der Waals surface area contributed by atoms with Crippen molar-refractivity contribution >= 4 is 22.8 Å². The Kier molecular flexibility index (Phi) is 4.13. The molecule has 1 aromatic carbocycles. The molecule has 6 nitrogen and oxygen atoms in total. The Hall–Kier alpha value is -2.63. The second-order valence-electron chi connectivity index (χ2n) is 6.47. The first kappa shape index (κ1) is 16.2. The summed E-state index contributed by atoms with van der Waals surface area (Å²) in [5.41, 5.74) is 0.317. The maximum Gasteiger partial charge on any atom is 0.349 e. The highest BCUT2D eigenvalue weighted by Gasteiger charge is 2.34.